The van der Waals surface area contributed by atoms with E-state index in [-0.39, 0.29) is 0 Å². The molecule has 1 heterocycles. The van der Waals surface area contributed by atoms with Gasteiger partial charge >= 0.3 is 0 Å². The van der Waals surface area contributed by atoms with Crippen LogP contribution in [0.15, 0.2) is 29.0 Å². The third-order valence-corrected chi connectivity index (χ3v) is 3.10. The fraction of sp³-hybridized carbons (Fsp3) is 0.250. The lowest BCUT2D eigenvalue weighted by molar-refractivity contribution is 0.742. The molecule has 0 amide bonds. The van der Waals surface area contributed by atoms with Gasteiger partial charge in [-0.15, -0.1) is 0 Å². The van der Waals surface area contributed by atoms with Crippen LogP contribution in [0.3, 0.4) is 0 Å². The summed E-state index contributed by atoms with van der Waals surface area (Å²) in [6.07, 6.45) is 2.40. The van der Waals surface area contributed by atoms with Gasteiger partial charge in [0, 0.05) is 24.5 Å². The lowest BCUT2D eigenvalue weighted by Gasteiger charge is -2.07. The number of rotatable bonds is 4. The standard InChI is InChI=1S/C12H12BrN5/c1-18-8-16-12(17-18)5-6-15-11-4-2-3-10(13)9(11)7-14/h2-4,8,15H,5-6H2,1H3. The van der Waals surface area contributed by atoms with Crippen molar-refractivity contribution in [2.24, 2.45) is 7.05 Å². The van der Waals surface area contributed by atoms with Crippen molar-refractivity contribution in [3.05, 3.63) is 40.4 Å². The number of nitrogens with zero attached hydrogens (tertiary/aromatic N) is 4. The Morgan fingerprint density at radius 1 is 1.50 bits per heavy atom. The highest BCUT2D eigenvalue weighted by Gasteiger charge is 2.05. The van der Waals surface area contributed by atoms with E-state index in [0.717, 1.165) is 22.4 Å². The number of nitrogens with one attached hydrogen (secondary N) is 1. The van der Waals surface area contributed by atoms with E-state index in [1.165, 1.54) is 0 Å². The van der Waals surface area contributed by atoms with E-state index in [9.17, 15) is 0 Å². The first-order valence-corrected chi connectivity index (χ1v) is 6.27. The summed E-state index contributed by atoms with van der Waals surface area (Å²) in [4.78, 5) is 4.14. The highest BCUT2D eigenvalue weighted by molar-refractivity contribution is 9.10. The second kappa shape index (κ2) is 5.65. The van der Waals surface area contributed by atoms with E-state index in [1.54, 1.807) is 11.0 Å². The minimum absolute atomic E-state index is 0.617. The van der Waals surface area contributed by atoms with E-state index in [4.69, 9.17) is 5.26 Å². The number of aromatic nitrogens is 3. The molecule has 6 heteroatoms. The Bertz CT molecular complexity index is 584. The second-order valence-corrected chi connectivity index (χ2v) is 4.64. The Kier molecular flexibility index (Phi) is 3.95. The normalized spacial score (nSPS) is 10.1. The number of nitriles is 1. The molecule has 0 spiro atoms. The molecule has 18 heavy (non-hydrogen) atoms. The van der Waals surface area contributed by atoms with Crippen LogP contribution in [0.5, 0.6) is 0 Å². The fourth-order valence-electron chi connectivity index (χ4n) is 1.59. The highest BCUT2D eigenvalue weighted by atomic mass is 79.9. The molecular weight excluding hydrogens is 294 g/mol. The maximum atomic E-state index is 9.07. The third-order valence-electron chi connectivity index (χ3n) is 2.44. The molecule has 92 valence electrons. The zero-order chi connectivity index (χ0) is 13.0. The van der Waals surface area contributed by atoms with Gasteiger partial charge in [0.05, 0.1) is 11.3 Å². The molecule has 5 nitrogen and oxygen atoms in total. The van der Waals surface area contributed by atoms with Crippen molar-refractivity contribution in [3.8, 4) is 6.07 Å². The molecule has 0 saturated carbocycles. The number of halogens is 1. The van der Waals surface area contributed by atoms with Crippen molar-refractivity contribution in [1.82, 2.24) is 14.8 Å². The second-order valence-electron chi connectivity index (χ2n) is 3.79. The van der Waals surface area contributed by atoms with Gasteiger partial charge in [0.1, 0.15) is 12.4 Å². The lowest BCUT2D eigenvalue weighted by atomic mass is 10.2. The van der Waals surface area contributed by atoms with E-state index < -0.39 is 0 Å². The SMILES string of the molecule is Cn1cnc(CCNc2cccc(Br)c2C#N)n1. The number of hydrogen-bond acceptors (Lipinski definition) is 4. The summed E-state index contributed by atoms with van der Waals surface area (Å²) in [6.45, 7) is 0.690. The van der Waals surface area contributed by atoms with Gasteiger partial charge in [0.15, 0.2) is 5.82 Å². The van der Waals surface area contributed by atoms with Gasteiger partial charge in [0.2, 0.25) is 0 Å². The fourth-order valence-corrected chi connectivity index (χ4v) is 2.05. The summed E-state index contributed by atoms with van der Waals surface area (Å²) in [5.74, 6) is 0.790. The molecule has 2 aromatic rings. The average molecular weight is 306 g/mol. The predicted octanol–water partition coefficient (Wildman–Crippen LogP) is 2.10. The lowest BCUT2D eigenvalue weighted by Crippen LogP contribution is -2.07. The van der Waals surface area contributed by atoms with E-state index in [2.05, 4.69) is 37.4 Å². The molecule has 0 atom stereocenters. The molecule has 2 rings (SSSR count). The van der Waals surface area contributed by atoms with Gasteiger partial charge < -0.3 is 5.32 Å². The summed E-state index contributed by atoms with van der Waals surface area (Å²) >= 11 is 3.36. The van der Waals surface area contributed by atoms with Crippen LogP contribution in [-0.4, -0.2) is 21.3 Å². The Morgan fingerprint density at radius 2 is 2.33 bits per heavy atom. The molecule has 0 fully saturated rings. The molecule has 0 unspecified atom stereocenters. The first kappa shape index (κ1) is 12.6. The number of benzene rings is 1. The first-order chi connectivity index (χ1) is 8.70. The van der Waals surface area contributed by atoms with Gasteiger partial charge in [-0.1, -0.05) is 6.07 Å². The highest BCUT2D eigenvalue weighted by Crippen LogP contribution is 2.23. The minimum atomic E-state index is 0.617. The monoisotopic (exact) mass is 305 g/mol. The molecular formula is C12H12BrN5. The summed E-state index contributed by atoms with van der Waals surface area (Å²) < 4.78 is 2.47. The zero-order valence-corrected chi connectivity index (χ0v) is 11.5. The predicted molar refractivity (Wildman–Crippen MR) is 72.1 cm³/mol. The smallest absolute Gasteiger partial charge is 0.152 e. The van der Waals surface area contributed by atoms with E-state index >= 15 is 0 Å². The molecule has 0 bridgehead atoms. The van der Waals surface area contributed by atoms with E-state index in [0.29, 0.717) is 12.1 Å². The average Bonchev–Trinajstić information content (AvgIpc) is 2.75. The van der Waals surface area contributed by atoms with Crippen molar-refractivity contribution in [2.45, 2.75) is 6.42 Å². The summed E-state index contributed by atoms with van der Waals surface area (Å²) in [5, 5.41) is 16.5. The summed E-state index contributed by atoms with van der Waals surface area (Å²) in [6, 6.07) is 7.80. The van der Waals surface area contributed by atoms with Crippen LogP contribution >= 0.6 is 15.9 Å². The molecule has 1 N–H and O–H groups in total. The topological polar surface area (TPSA) is 66.5 Å². The van der Waals surface area contributed by atoms with Crippen LogP contribution in [0.1, 0.15) is 11.4 Å². The third kappa shape index (κ3) is 2.87. The van der Waals surface area contributed by atoms with Crippen LogP contribution in [0.25, 0.3) is 0 Å². The molecule has 0 aliphatic carbocycles. The number of aryl methyl sites for hydroxylation is 1. The van der Waals surface area contributed by atoms with Gasteiger partial charge in [-0.2, -0.15) is 10.4 Å². The Morgan fingerprint density at radius 3 is 3.00 bits per heavy atom. The Balaban J connectivity index is 1.99. The number of hydrogen-bond donors (Lipinski definition) is 1. The van der Waals surface area contributed by atoms with Crippen LogP contribution in [0, 0.1) is 11.3 Å². The van der Waals surface area contributed by atoms with Crippen molar-refractivity contribution in [2.75, 3.05) is 11.9 Å². The molecule has 0 aliphatic rings. The van der Waals surface area contributed by atoms with Gasteiger partial charge in [-0.25, -0.2) is 4.98 Å². The van der Waals surface area contributed by atoms with E-state index in [1.807, 2.05) is 25.2 Å². The molecule has 1 aromatic heterocycles. The van der Waals surface area contributed by atoms with Gasteiger partial charge in [-0.05, 0) is 28.1 Å². The largest absolute Gasteiger partial charge is 0.383 e. The van der Waals surface area contributed by atoms with Gasteiger partial charge in [-0.3, -0.25) is 4.68 Å². The Labute approximate surface area is 114 Å². The van der Waals surface area contributed by atoms with Crippen LogP contribution in [-0.2, 0) is 13.5 Å². The Hall–Kier alpha value is -1.87. The summed E-state index contributed by atoms with van der Waals surface area (Å²) in [7, 11) is 1.84. The molecule has 0 aliphatic heterocycles. The molecule has 0 saturated heterocycles. The van der Waals surface area contributed by atoms with Crippen molar-refractivity contribution in [1.29, 1.82) is 5.26 Å². The molecule has 0 radical (unpaired) electrons. The van der Waals surface area contributed by atoms with Crippen LogP contribution < -0.4 is 5.32 Å². The quantitative estimate of drug-likeness (QED) is 0.939. The van der Waals surface area contributed by atoms with Gasteiger partial charge in [0.25, 0.3) is 0 Å². The van der Waals surface area contributed by atoms with Crippen molar-refractivity contribution in [3.63, 3.8) is 0 Å². The minimum Gasteiger partial charge on any atom is -0.383 e. The first-order valence-electron chi connectivity index (χ1n) is 5.47. The van der Waals surface area contributed by atoms with Crippen LogP contribution in [0.4, 0.5) is 5.69 Å². The maximum Gasteiger partial charge on any atom is 0.152 e. The summed E-state index contributed by atoms with van der Waals surface area (Å²) in [5.41, 5.74) is 1.44. The maximum absolute atomic E-state index is 9.07. The van der Waals surface area contributed by atoms with Crippen molar-refractivity contribution < 1.29 is 0 Å². The zero-order valence-electron chi connectivity index (χ0n) is 9.89. The van der Waals surface area contributed by atoms with Crippen LogP contribution in [0.2, 0.25) is 0 Å². The number of anilines is 1. The molecule has 1 aromatic carbocycles. The van der Waals surface area contributed by atoms with Crippen molar-refractivity contribution >= 4 is 21.6 Å².